The molecule has 0 aliphatic heterocycles. The largest absolute Gasteiger partial charge is 0.346 e. The summed E-state index contributed by atoms with van der Waals surface area (Å²) in [7, 11) is 0. The standard InChI is InChI=1S/C13H19N3S/c1-9-12(10-5-4-6-17-10)16-11(15-9)7-13(2,3)8-14/h4-6H,7-8,14H2,1-3H3,(H,15,16). The first kappa shape index (κ1) is 12.3. The lowest BCUT2D eigenvalue weighted by molar-refractivity contribution is 0.369. The van der Waals surface area contributed by atoms with E-state index in [1.165, 1.54) is 4.88 Å². The number of aromatic amines is 1. The van der Waals surface area contributed by atoms with Crippen LogP contribution in [-0.2, 0) is 6.42 Å². The van der Waals surface area contributed by atoms with Crippen LogP contribution in [-0.4, -0.2) is 16.5 Å². The first-order valence-electron chi connectivity index (χ1n) is 5.81. The molecule has 0 radical (unpaired) electrons. The average molecular weight is 249 g/mol. The predicted molar refractivity (Wildman–Crippen MR) is 73.2 cm³/mol. The zero-order chi connectivity index (χ0) is 12.5. The fraction of sp³-hybridized carbons (Fsp3) is 0.462. The SMILES string of the molecule is Cc1[nH]c(CC(C)(C)CN)nc1-c1cccs1. The Balaban J connectivity index is 2.25. The third kappa shape index (κ3) is 2.76. The van der Waals surface area contributed by atoms with Crippen LogP contribution >= 0.6 is 11.3 Å². The molecule has 0 unspecified atom stereocenters. The van der Waals surface area contributed by atoms with Crippen LogP contribution in [0.1, 0.15) is 25.4 Å². The molecule has 2 heterocycles. The Morgan fingerprint density at radius 2 is 2.24 bits per heavy atom. The highest BCUT2D eigenvalue weighted by molar-refractivity contribution is 7.13. The third-order valence-corrected chi connectivity index (χ3v) is 3.76. The summed E-state index contributed by atoms with van der Waals surface area (Å²) >= 11 is 1.72. The van der Waals surface area contributed by atoms with Crippen molar-refractivity contribution in [2.45, 2.75) is 27.2 Å². The second-order valence-corrected chi connectivity index (χ2v) is 6.13. The lowest BCUT2D eigenvalue weighted by atomic mass is 9.89. The van der Waals surface area contributed by atoms with Crippen molar-refractivity contribution >= 4 is 11.3 Å². The fourth-order valence-corrected chi connectivity index (χ4v) is 2.56. The number of hydrogen-bond acceptors (Lipinski definition) is 3. The van der Waals surface area contributed by atoms with Crippen molar-refractivity contribution in [1.29, 1.82) is 0 Å². The number of H-pyrrole nitrogens is 1. The second kappa shape index (κ2) is 4.63. The molecular formula is C13H19N3S. The number of nitrogens with one attached hydrogen (secondary N) is 1. The van der Waals surface area contributed by atoms with Crippen LogP contribution in [0, 0.1) is 12.3 Å². The number of imidazole rings is 1. The molecule has 0 fully saturated rings. The van der Waals surface area contributed by atoms with Crippen molar-refractivity contribution in [2.75, 3.05) is 6.54 Å². The number of nitrogens with two attached hydrogens (primary N) is 1. The molecule has 0 amide bonds. The maximum Gasteiger partial charge on any atom is 0.107 e. The van der Waals surface area contributed by atoms with E-state index in [-0.39, 0.29) is 5.41 Å². The van der Waals surface area contributed by atoms with E-state index in [1.807, 2.05) is 0 Å². The zero-order valence-corrected chi connectivity index (χ0v) is 11.4. The Labute approximate surface area is 106 Å². The van der Waals surface area contributed by atoms with E-state index in [0.29, 0.717) is 6.54 Å². The van der Waals surface area contributed by atoms with Gasteiger partial charge in [-0.3, -0.25) is 0 Å². The van der Waals surface area contributed by atoms with Crippen LogP contribution in [0.3, 0.4) is 0 Å². The van der Waals surface area contributed by atoms with Crippen molar-refractivity contribution < 1.29 is 0 Å². The van der Waals surface area contributed by atoms with Gasteiger partial charge in [-0.05, 0) is 30.3 Å². The molecule has 2 rings (SSSR count). The van der Waals surface area contributed by atoms with Gasteiger partial charge in [-0.1, -0.05) is 19.9 Å². The molecule has 0 aromatic carbocycles. The Morgan fingerprint density at radius 1 is 1.47 bits per heavy atom. The maximum atomic E-state index is 5.75. The van der Waals surface area contributed by atoms with Gasteiger partial charge >= 0.3 is 0 Å². The van der Waals surface area contributed by atoms with Crippen molar-refractivity contribution in [2.24, 2.45) is 11.1 Å². The average Bonchev–Trinajstić information content (AvgIpc) is 2.87. The number of aromatic nitrogens is 2. The molecule has 2 aromatic heterocycles. The normalized spacial score (nSPS) is 12.0. The van der Waals surface area contributed by atoms with Crippen molar-refractivity contribution in [3.8, 4) is 10.6 Å². The van der Waals surface area contributed by atoms with Crippen LogP contribution in [0.2, 0.25) is 0 Å². The summed E-state index contributed by atoms with van der Waals surface area (Å²) in [4.78, 5) is 9.27. The number of rotatable bonds is 4. The minimum atomic E-state index is 0.0943. The Kier molecular flexibility index (Phi) is 3.35. The Hall–Kier alpha value is -1.13. The van der Waals surface area contributed by atoms with E-state index in [1.54, 1.807) is 11.3 Å². The number of aryl methyl sites for hydroxylation is 1. The molecule has 4 heteroatoms. The molecule has 92 valence electrons. The highest BCUT2D eigenvalue weighted by atomic mass is 32.1. The quantitative estimate of drug-likeness (QED) is 0.875. The summed E-state index contributed by atoms with van der Waals surface area (Å²) in [5, 5.41) is 2.08. The second-order valence-electron chi connectivity index (χ2n) is 5.18. The maximum absolute atomic E-state index is 5.75. The molecule has 2 aromatic rings. The molecular weight excluding hydrogens is 230 g/mol. The molecule has 0 saturated heterocycles. The van der Waals surface area contributed by atoms with E-state index in [0.717, 1.165) is 23.6 Å². The van der Waals surface area contributed by atoms with Crippen molar-refractivity contribution in [3.05, 3.63) is 29.0 Å². The van der Waals surface area contributed by atoms with Crippen LogP contribution in [0.4, 0.5) is 0 Å². The zero-order valence-electron chi connectivity index (χ0n) is 10.6. The van der Waals surface area contributed by atoms with E-state index < -0.39 is 0 Å². The molecule has 0 spiro atoms. The number of nitrogens with zero attached hydrogens (tertiary/aromatic N) is 1. The minimum Gasteiger partial charge on any atom is -0.346 e. The number of hydrogen-bond donors (Lipinski definition) is 2. The first-order chi connectivity index (χ1) is 8.02. The van der Waals surface area contributed by atoms with Crippen LogP contribution in [0.25, 0.3) is 10.6 Å². The van der Waals surface area contributed by atoms with E-state index in [2.05, 4.69) is 48.3 Å². The van der Waals surface area contributed by atoms with E-state index >= 15 is 0 Å². The molecule has 0 saturated carbocycles. The topological polar surface area (TPSA) is 54.7 Å². The minimum absolute atomic E-state index is 0.0943. The molecule has 3 N–H and O–H groups in total. The van der Waals surface area contributed by atoms with Gasteiger partial charge in [0, 0.05) is 12.1 Å². The van der Waals surface area contributed by atoms with Gasteiger partial charge in [-0.2, -0.15) is 0 Å². The van der Waals surface area contributed by atoms with Gasteiger partial charge in [0.05, 0.1) is 4.88 Å². The third-order valence-electron chi connectivity index (χ3n) is 2.89. The fourth-order valence-electron chi connectivity index (χ4n) is 1.78. The summed E-state index contributed by atoms with van der Waals surface area (Å²) in [6.45, 7) is 7.06. The van der Waals surface area contributed by atoms with Gasteiger partial charge in [0.2, 0.25) is 0 Å². The smallest absolute Gasteiger partial charge is 0.107 e. The van der Waals surface area contributed by atoms with Gasteiger partial charge in [-0.15, -0.1) is 11.3 Å². The summed E-state index contributed by atoms with van der Waals surface area (Å²) in [5.41, 5.74) is 8.05. The van der Waals surface area contributed by atoms with Gasteiger partial charge in [0.15, 0.2) is 0 Å². The van der Waals surface area contributed by atoms with E-state index in [4.69, 9.17) is 5.73 Å². The molecule has 0 bridgehead atoms. The number of thiophene rings is 1. The Bertz CT molecular complexity index is 483. The molecule has 3 nitrogen and oxygen atoms in total. The summed E-state index contributed by atoms with van der Waals surface area (Å²) in [5.74, 6) is 1.03. The lowest BCUT2D eigenvalue weighted by Crippen LogP contribution is -2.26. The van der Waals surface area contributed by atoms with Crippen molar-refractivity contribution in [3.63, 3.8) is 0 Å². The summed E-state index contributed by atoms with van der Waals surface area (Å²) in [6, 6.07) is 4.16. The lowest BCUT2D eigenvalue weighted by Gasteiger charge is -2.20. The van der Waals surface area contributed by atoms with E-state index in [9.17, 15) is 0 Å². The van der Waals surface area contributed by atoms with Gasteiger partial charge < -0.3 is 10.7 Å². The van der Waals surface area contributed by atoms with Crippen LogP contribution in [0.5, 0.6) is 0 Å². The van der Waals surface area contributed by atoms with Crippen LogP contribution < -0.4 is 5.73 Å². The highest BCUT2D eigenvalue weighted by Crippen LogP contribution is 2.27. The molecule has 17 heavy (non-hydrogen) atoms. The molecule has 0 aliphatic rings. The predicted octanol–water partition coefficient (Wildman–Crippen LogP) is 2.97. The Morgan fingerprint density at radius 3 is 2.82 bits per heavy atom. The summed E-state index contributed by atoms with van der Waals surface area (Å²) < 4.78 is 0. The monoisotopic (exact) mass is 249 g/mol. The van der Waals surface area contributed by atoms with Crippen molar-refractivity contribution in [1.82, 2.24) is 9.97 Å². The van der Waals surface area contributed by atoms with Gasteiger partial charge in [0.25, 0.3) is 0 Å². The summed E-state index contributed by atoms with van der Waals surface area (Å²) in [6.07, 6.45) is 0.885. The first-order valence-corrected chi connectivity index (χ1v) is 6.69. The van der Waals surface area contributed by atoms with Gasteiger partial charge in [-0.25, -0.2) is 4.98 Å². The van der Waals surface area contributed by atoms with Crippen LogP contribution in [0.15, 0.2) is 17.5 Å². The highest BCUT2D eigenvalue weighted by Gasteiger charge is 2.19. The molecule has 0 aliphatic carbocycles. The van der Waals surface area contributed by atoms with Gasteiger partial charge in [0.1, 0.15) is 11.5 Å². The molecule has 0 atom stereocenters.